The molecule has 0 unspecified atom stereocenters. The highest BCUT2D eigenvalue weighted by Gasteiger charge is 2.35. The van der Waals surface area contributed by atoms with Gasteiger partial charge in [0.1, 0.15) is 18.1 Å². The number of benzene rings is 1. The summed E-state index contributed by atoms with van der Waals surface area (Å²) in [5.41, 5.74) is 2.22. The number of hydrogen-bond acceptors (Lipinski definition) is 6. The van der Waals surface area contributed by atoms with E-state index in [1.165, 1.54) is 18.3 Å². The Morgan fingerprint density at radius 2 is 2.03 bits per heavy atom. The van der Waals surface area contributed by atoms with Crippen molar-refractivity contribution >= 4 is 5.91 Å². The van der Waals surface area contributed by atoms with E-state index >= 15 is 0 Å². The molecule has 2 aromatic heterocycles. The molecular weight excluding hydrogens is 377 g/mol. The molecule has 0 saturated carbocycles. The van der Waals surface area contributed by atoms with Crippen molar-refractivity contribution in [3.8, 4) is 11.6 Å². The fourth-order valence-corrected chi connectivity index (χ4v) is 2.90. The Hall–Kier alpha value is -3.33. The van der Waals surface area contributed by atoms with E-state index in [9.17, 15) is 9.18 Å². The normalized spacial score (nSPS) is 14.9. The maximum Gasteiger partial charge on any atom is 0.253 e. The number of carbonyl (C=O) groups is 1. The fourth-order valence-electron chi connectivity index (χ4n) is 2.90. The molecule has 1 aliphatic heterocycles. The van der Waals surface area contributed by atoms with Crippen LogP contribution < -0.4 is 10.1 Å². The van der Waals surface area contributed by atoms with Gasteiger partial charge < -0.3 is 14.8 Å². The first-order valence-electron chi connectivity index (χ1n) is 9.10. The number of ether oxygens (including phenoxy) is 2. The predicted molar refractivity (Wildman–Crippen MR) is 101 cm³/mol. The van der Waals surface area contributed by atoms with E-state index in [0.29, 0.717) is 36.0 Å². The molecule has 1 N–H and O–H groups in total. The molecule has 1 aliphatic rings. The van der Waals surface area contributed by atoms with Crippen LogP contribution in [0.4, 0.5) is 4.39 Å². The standard InChI is InChI=1S/C20H20FN5O3/c1-13-17(26(25-24-13)16-6-4-15(21)5-7-16)10-29-18-8-3-14(9-22-18)19(27)23-20(2)11-28-12-20/h3-9H,10-12H2,1-2H3,(H,23,27). The third kappa shape index (κ3) is 4.09. The Morgan fingerprint density at radius 3 is 2.66 bits per heavy atom. The molecule has 1 aromatic carbocycles. The zero-order valence-electron chi connectivity index (χ0n) is 16.1. The van der Waals surface area contributed by atoms with Crippen LogP contribution in [-0.2, 0) is 11.3 Å². The maximum absolute atomic E-state index is 13.2. The van der Waals surface area contributed by atoms with E-state index in [0.717, 1.165) is 5.69 Å². The molecule has 150 valence electrons. The van der Waals surface area contributed by atoms with Crippen molar-refractivity contribution in [1.82, 2.24) is 25.3 Å². The molecule has 0 aliphatic carbocycles. The summed E-state index contributed by atoms with van der Waals surface area (Å²) in [6, 6.07) is 9.24. The number of aryl methyl sites for hydroxylation is 1. The minimum Gasteiger partial charge on any atom is -0.471 e. The van der Waals surface area contributed by atoms with E-state index in [1.807, 2.05) is 13.8 Å². The molecule has 29 heavy (non-hydrogen) atoms. The van der Waals surface area contributed by atoms with Gasteiger partial charge in [0, 0.05) is 12.3 Å². The average Bonchev–Trinajstić information content (AvgIpc) is 3.06. The summed E-state index contributed by atoms with van der Waals surface area (Å²) in [5, 5.41) is 11.1. The second-order valence-corrected chi connectivity index (χ2v) is 7.19. The molecule has 0 atom stereocenters. The fraction of sp³-hybridized carbons (Fsp3) is 0.300. The van der Waals surface area contributed by atoms with Crippen molar-refractivity contribution in [3.63, 3.8) is 0 Å². The van der Waals surface area contributed by atoms with Gasteiger partial charge in [-0.05, 0) is 44.2 Å². The molecule has 1 amide bonds. The number of pyridine rings is 1. The van der Waals surface area contributed by atoms with Crippen LogP contribution in [0.5, 0.6) is 5.88 Å². The number of amides is 1. The lowest BCUT2D eigenvalue weighted by molar-refractivity contribution is -0.0593. The zero-order chi connectivity index (χ0) is 20.4. The van der Waals surface area contributed by atoms with E-state index in [4.69, 9.17) is 9.47 Å². The second kappa shape index (κ2) is 7.59. The summed E-state index contributed by atoms with van der Waals surface area (Å²) in [4.78, 5) is 16.5. The minimum absolute atomic E-state index is 0.171. The first-order valence-corrected chi connectivity index (χ1v) is 9.10. The van der Waals surface area contributed by atoms with Crippen LogP contribution in [0.3, 0.4) is 0 Å². The summed E-state index contributed by atoms with van der Waals surface area (Å²) in [6.07, 6.45) is 1.47. The third-order valence-corrected chi connectivity index (χ3v) is 4.64. The van der Waals surface area contributed by atoms with Crippen LogP contribution in [-0.4, -0.2) is 44.6 Å². The van der Waals surface area contributed by atoms with Gasteiger partial charge in [0.05, 0.1) is 35.7 Å². The van der Waals surface area contributed by atoms with Crippen molar-refractivity contribution in [2.45, 2.75) is 26.0 Å². The lowest BCUT2D eigenvalue weighted by Crippen LogP contribution is -2.59. The highest BCUT2D eigenvalue weighted by atomic mass is 19.1. The highest BCUT2D eigenvalue weighted by Crippen LogP contribution is 2.18. The predicted octanol–water partition coefficient (Wildman–Crippen LogP) is 2.21. The number of carbonyl (C=O) groups excluding carboxylic acids is 1. The van der Waals surface area contributed by atoms with Gasteiger partial charge in [-0.25, -0.2) is 14.1 Å². The third-order valence-electron chi connectivity index (χ3n) is 4.64. The number of rotatable bonds is 6. The Morgan fingerprint density at radius 1 is 1.28 bits per heavy atom. The van der Waals surface area contributed by atoms with Gasteiger partial charge in [0.2, 0.25) is 5.88 Å². The number of hydrogen-bond donors (Lipinski definition) is 1. The molecule has 8 nitrogen and oxygen atoms in total. The zero-order valence-corrected chi connectivity index (χ0v) is 16.1. The van der Waals surface area contributed by atoms with Gasteiger partial charge in [-0.3, -0.25) is 4.79 Å². The van der Waals surface area contributed by atoms with E-state index in [2.05, 4.69) is 20.6 Å². The minimum atomic E-state index is -0.324. The lowest BCUT2D eigenvalue weighted by atomic mass is 10.0. The van der Waals surface area contributed by atoms with Crippen LogP contribution in [0.1, 0.15) is 28.7 Å². The number of nitrogens with one attached hydrogen (secondary N) is 1. The monoisotopic (exact) mass is 397 g/mol. The largest absolute Gasteiger partial charge is 0.471 e. The van der Waals surface area contributed by atoms with Crippen molar-refractivity contribution < 1.29 is 18.7 Å². The van der Waals surface area contributed by atoms with Gasteiger partial charge in [-0.1, -0.05) is 5.21 Å². The quantitative estimate of drug-likeness (QED) is 0.686. The molecule has 3 aromatic rings. The first kappa shape index (κ1) is 19.0. The molecule has 9 heteroatoms. The first-order chi connectivity index (χ1) is 13.9. The molecule has 0 radical (unpaired) electrons. The van der Waals surface area contributed by atoms with Crippen LogP contribution in [0.15, 0.2) is 42.6 Å². The molecule has 4 rings (SSSR count). The number of nitrogens with zero attached hydrogens (tertiary/aromatic N) is 4. The van der Waals surface area contributed by atoms with E-state index in [1.54, 1.807) is 28.9 Å². The average molecular weight is 397 g/mol. The number of aromatic nitrogens is 4. The molecule has 0 bridgehead atoms. The van der Waals surface area contributed by atoms with Gasteiger partial charge in [0.25, 0.3) is 5.91 Å². The molecule has 1 fully saturated rings. The van der Waals surface area contributed by atoms with E-state index in [-0.39, 0.29) is 23.9 Å². The Balaban J connectivity index is 1.42. The Kier molecular flexibility index (Phi) is 4.98. The van der Waals surface area contributed by atoms with Gasteiger partial charge in [0.15, 0.2) is 0 Å². The summed E-state index contributed by atoms with van der Waals surface area (Å²) in [5.74, 6) is -0.161. The van der Waals surface area contributed by atoms with E-state index < -0.39 is 0 Å². The Bertz CT molecular complexity index is 1010. The summed E-state index contributed by atoms with van der Waals surface area (Å²) < 4.78 is 25.6. The second-order valence-electron chi connectivity index (χ2n) is 7.19. The maximum atomic E-state index is 13.2. The van der Waals surface area contributed by atoms with Crippen LogP contribution in [0.25, 0.3) is 5.69 Å². The summed E-state index contributed by atoms with van der Waals surface area (Å²) in [7, 11) is 0. The van der Waals surface area contributed by atoms with Crippen molar-refractivity contribution in [1.29, 1.82) is 0 Å². The van der Waals surface area contributed by atoms with Crippen LogP contribution in [0, 0.1) is 12.7 Å². The summed E-state index contributed by atoms with van der Waals surface area (Å²) in [6.45, 7) is 4.92. The molecular formula is C20H20FN5O3. The SMILES string of the molecule is Cc1nnn(-c2ccc(F)cc2)c1COc1ccc(C(=O)NC2(C)COC2)cn1. The molecule has 0 spiro atoms. The van der Waals surface area contributed by atoms with Crippen LogP contribution in [0.2, 0.25) is 0 Å². The smallest absolute Gasteiger partial charge is 0.253 e. The van der Waals surface area contributed by atoms with Gasteiger partial charge in [-0.15, -0.1) is 5.10 Å². The van der Waals surface area contributed by atoms with Crippen molar-refractivity contribution in [2.24, 2.45) is 0 Å². The lowest BCUT2D eigenvalue weighted by Gasteiger charge is -2.38. The van der Waals surface area contributed by atoms with Crippen molar-refractivity contribution in [2.75, 3.05) is 13.2 Å². The molecule has 3 heterocycles. The number of halogens is 1. The highest BCUT2D eigenvalue weighted by molar-refractivity contribution is 5.94. The Labute approximate surface area is 166 Å². The summed E-state index contributed by atoms with van der Waals surface area (Å²) >= 11 is 0. The van der Waals surface area contributed by atoms with Crippen molar-refractivity contribution in [3.05, 3.63) is 65.4 Å². The van der Waals surface area contributed by atoms with Gasteiger partial charge >= 0.3 is 0 Å². The van der Waals surface area contributed by atoms with Gasteiger partial charge in [-0.2, -0.15) is 0 Å². The van der Waals surface area contributed by atoms with Crippen LogP contribution >= 0.6 is 0 Å². The molecule has 1 saturated heterocycles. The topological polar surface area (TPSA) is 91.2 Å².